The van der Waals surface area contributed by atoms with Crippen LogP contribution < -0.4 is 0 Å². The normalized spacial score (nSPS) is 13.6. The molecule has 1 heterocycles. The first kappa shape index (κ1) is 6.22. The Balaban J connectivity index is 2.65. The molecule has 0 saturated heterocycles. The Kier molecular flexibility index (Phi) is 1.79. The van der Waals surface area contributed by atoms with Gasteiger partial charge < -0.3 is 5.11 Å². The van der Waals surface area contributed by atoms with Gasteiger partial charge in [0.25, 0.3) is 0 Å². The highest BCUT2D eigenvalue weighted by molar-refractivity contribution is 4.62. The van der Waals surface area contributed by atoms with Crippen LogP contribution in [0.15, 0.2) is 12.7 Å². The van der Waals surface area contributed by atoms with Crippen LogP contribution in [0, 0.1) is 0 Å². The third kappa shape index (κ3) is 1.26. The van der Waals surface area contributed by atoms with Gasteiger partial charge in [-0.25, -0.2) is 0 Å². The Labute approximate surface area is 53.1 Å². The molecule has 4 heteroatoms. The molecular weight excluding hydrogens is 118 g/mol. The summed E-state index contributed by atoms with van der Waals surface area (Å²) in [5.41, 5.74) is 0. The smallest absolute Gasteiger partial charge is 0.132 e. The van der Waals surface area contributed by atoms with Gasteiger partial charge in [0.2, 0.25) is 0 Å². The van der Waals surface area contributed by atoms with Crippen molar-refractivity contribution in [1.29, 1.82) is 0 Å². The molecule has 0 aliphatic rings. The second-order valence-corrected chi connectivity index (χ2v) is 1.80. The maximum Gasteiger partial charge on any atom is 0.132 e. The molecule has 0 aliphatic heterocycles. The molecule has 0 fully saturated rings. The molecule has 1 aromatic heterocycles. The third-order valence-electron chi connectivity index (χ3n) is 1.15. The summed E-state index contributed by atoms with van der Waals surface area (Å²) in [6.07, 6.45) is 3.19. The first-order chi connectivity index (χ1) is 4.34. The van der Waals surface area contributed by atoms with Crippen molar-refractivity contribution in [3.8, 4) is 0 Å². The molecule has 1 rings (SSSR count). The molecule has 0 bridgehead atoms. The van der Waals surface area contributed by atoms with Gasteiger partial charge >= 0.3 is 0 Å². The molecule has 1 aromatic rings. The summed E-state index contributed by atoms with van der Waals surface area (Å²) < 4.78 is 1.56. The van der Waals surface area contributed by atoms with E-state index in [0.717, 1.165) is 0 Å². The van der Waals surface area contributed by atoms with Gasteiger partial charge in [0, 0.05) is 0 Å². The van der Waals surface area contributed by atoms with Crippen LogP contribution in [0.5, 0.6) is 0 Å². The SMILES string of the molecule is CC[C@@H](O)n1cnnc1. The number of aromatic nitrogens is 3. The zero-order valence-electron chi connectivity index (χ0n) is 5.23. The van der Waals surface area contributed by atoms with E-state index in [1.807, 2.05) is 6.92 Å². The minimum Gasteiger partial charge on any atom is -0.373 e. The lowest BCUT2D eigenvalue weighted by atomic mass is 10.4. The molecule has 1 N–H and O–H groups in total. The van der Waals surface area contributed by atoms with E-state index in [4.69, 9.17) is 5.11 Å². The van der Waals surface area contributed by atoms with Crippen LogP contribution in [-0.2, 0) is 0 Å². The van der Waals surface area contributed by atoms with Crippen molar-refractivity contribution in [2.75, 3.05) is 0 Å². The topological polar surface area (TPSA) is 50.9 Å². The van der Waals surface area contributed by atoms with Crippen LogP contribution in [0.3, 0.4) is 0 Å². The lowest BCUT2D eigenvalue weighted by molar-refractivity contribution is 0.0995. The van der Waals surface area contributed by atoms with Crippen molar-refractivity contribution < 1.29 is 5.11 Å². The number of hydrogen-bond acceptors (Lipinski definition) is 3. The summed E-state index contributed by atoms with van der Waals surface area (Å²) in [6.45, 7) is 1.89. The summed E-state index contributed by atoms with van der Waals surface area (Å²) in [4.78, 5) is 0. The predicted octanol–water partition coefficient (Wildman–Crippen LogP) is 0.179. The molecule has 0 radical (unpaired) electrons. The van der Waals surface area contributed by atoms with Crippen molar-refractivity contribution in [3.63, 3.8) is 0 Å². The highest BCUT2D eigenvalue weighted by atomic mass is 16.3. The first-order valence-electron chi connectivity index (χ1n) is 2.86. The highest BCUT2D eigenvalue weighted by Gasteiger charge is 1.99. The van der Waals surface area contributed by atoms with E-state index in [1.165, 1.54) is 12.7 Å². The summed E-state index contributed by atoms with van der Waals surface area (Å²) in [6, 6.07) is 0. The van der Waals surface area contributed by atoms with Crippen LogP contribution in [0.4, 0.5) is 0 Å². The van der Waals surface area contributed by atoms with Crippen molar-refractivity contribution in [1.82, 2.24) is 14.8 Å². The molecule has 1 atom stereocenters. The minimum atomic E-state index is -0.472. The van der Waals surface area contributed by atoms with Gasteiger partial charge in [0.1, 0.15) is 18.9 Å². The monoisotopic (exact) mass is 127 g/mol. The van der Waals surface area contributed by atoms with E-state index in [-0.39, 0.29) is 0 Å². The Bertz CT molecular complexity index is 161. The summed E-state index contributed by atoms with van der Waals surface area (Å²) in [5, 5.41) is 16.2. The molecule has 0 saturated carbocycles. The van der Waals surface area contributed by atoms with E-state index >= 15 is 0 Å². The van der Waals surface area contributed by atoms with Gasteiger partial charge in [-0.05, 0) is 6.42 Å². The lowest BCUT2D eigenvalue weighted by Gasteiger charge is -2.05. The van der Waals surface area contributed by atoms with Crippen molar-refractivity contribution >= 4 is 0 Å². The van der Waals surface area contributed by atoms with Crippen molar-refractivity contribution in [2.24, 2.45) is 0 Å². The maximum atomic E-state index is 9.10. The molecule has 9 heavy (non-hydrogen) atoms. The predicted molar refractivity (Wildman–Crippen MR) is 31.6 cm³/mol. The summed E-state index contributed by atoms with van der Waals surface area (Å²) in [5.74, 6) is 0. The highest BCUT2D eigenvalue weighted by Crippen LogP contribution is 2.02. The van der Waals surface area contributed by atoms with Crippen molar-refractivity contribution in [2.45, 2.75) is 19.6 Å². The minimum absolute atomic E-state index is 0.472. The van der Waals surface area contributed by atoms with E-state index in [2.05, 4.69) is 10.2 Å². The van der Waals surface area contributed by atoms with Crippen LogP contribution in [0.25, 0.3) is 0 Å². The number of rotatable bonds is 2. The van der Waals surface area contributed by atoms with Gasteiger partial charge in [-0.1, -0.05) is 6.92 Å². The standard InChI is InChI=1S/C5H9N3O/c1-2-5(9)8-3-6-7-4-8/h3-5,9H,2H2,1H3/t5-/m1/s1. The van der Waals surface area contributed by atoms with Crippen LogP contribution in [-0.4, -0.2) is 19.9 Å². The first-order valence-corrected chi connectivity index (χ1v) is 2.86. The largest absolute Gasteiger partial charge is 0.373 e. The molecule has 0 aromatic carbocycles. The lowest BCUT2D eigenvalue weighted by Crippen LogP contribution is -2.03. The Morgan fingerprint density at radius 2 is 2.11 bits per heavy atom. The van der Waals surface area contributed by atoms with E-state index in [9.17, 15) is 0 Å². The van der Waals surface area contributed by atoms with Crippen LogP contribution >= 0.6 is 0 Å². The Morgan fingerprint density at radius 1 is 1.56 bits per heavy atom. The van der Waals surface area contributed by atoms with E-state index in [0.29, 0.717) is 6.42 Å². The van der Waals surface area contributed by atoms with Crippen LogP contribution in [0.1, 0.15) is 19.6 Å². The summed E-state index contributed by atoms with van der Waals surface area (Å²) in [7, 11) is 0. The molecule has 0 amide bonds. The molecule has 0 unspecified atom stereocenters. The van der Waals surface area contributed by atoms with E-state index < -0.39 is 6.23 Å². The zero-order chi connectivity index (χ0) is 6.69. The molecule has 0 aliphatic carbocycles. The number of nitrogens with zero attached hydrogens (tertiary/aromatic N) is 3. The molecule has 50 valence electrons. The third-order valence-corrected chi connectivity index (χ3v) is 1.15. The van der Waals surface area contributed by atoms with Gasteiger partial charge in [-0.3, -0.25) is 4.57 Å². The fourth-order valence-electron chi connectivity index (χ4n) is 0.573. The average Bonchev–Trinajstić information content (AvgIpc) is 2.37. The Morgan fingerprint density at radius 3 is 2.56 bits per heavy atom. The maximum absolute atomic E-state index is 9.10. The molecule has 4 nitrogen and oxygen atoms in total. The average molecular weight is 127 g/mol. The summed E-state index contributed by atoms with van der Waals surface area (Å²) >= 11 is 0. The van der Waals surface area contributed by atoms with E-state index in [1.54, 1.807) is 4.57 Å². The van der Waals surface area contributed by atoms with Gasteiger partial charge in [-0.2, -0.15) is 0 Å². The molecule has 0 spiro atoms. The fraction of sp³-hybridized carbons (Fsp3) is 0.600. The zero-order valence-corrected chi connectivity index (χ0v) is 5.23. The van der Waals surface area contributed by atoms with Gasteiger partial charge in [0.15, 0.2) is 0 Å². The fourth-order valence-corrected chi connectivity index (χ4v) is 0.573. The second-order valence-electron chi connectivity index (χ2n) is 1.80. The van der Waals surface area contributed by atoms with Crippen LogP contribution in [0.2, 0.25) is 0 Å². The Hall–Kier alpha value is -0.900. The quantitative estimate of drug-likeness (QED) is 0.616. The van der Waals surface area contributed by atoms with Crippen molar-refractivity contribution in [3.05, 3.63) is 12.7 Å². The second kappa shape index (κ2) is 2.59. The van der Waals surface area contributed by atoms with Gasteiger partial charge in [-0.15, -0.1) is 10.2 Å². The number of aliphatic hydroxyl groups excluding tert-OH is 1. The van der Waals surface area contributed by atoms with Gasteiger partial charge in [0.05, 0.1) is 0 Å². The number of aliphatic hydroxyl groups is 1. The molecular formula is C5H9N3O. The number of hydrogen-bond donors (Lipinski definition) is 1.